The second-order valence-electron chi connectivity index (χ2n) is 5.18. The summed E-state index contributed by atoms with van der Waals surface area (Å²) in [6, 6.07) is 10.4. The van der Waals surface area contributed by atoms with Crippen LogP contribution in [0.4, 0.5) is 0 Å². The molecular formula is C16H18BrN3S. The molecule has 2 heterocycles. The van der Waals surface area contributed by atoms with Crippen molar-refractivity contribution in [3.8, 4) is 0 Å². The Morgan fingerprint density at radius 1 is 1.38 bits per heavy atom. The lowest BCUT2D eigenvalue weighted by Gasteiger charge is -2.11. The van der Waals surface area contributed by atoms with Crippen LogP contribution >= 0.6 is 27.3 Å². The number of aromatic nitrogens is 2. The predicted octanol–water partition coefficient (Wildman–Crippen LogP) is 4.43. The van der Waals surface area contributed by atoms with Crippen molar-refractivity contribution in [1.82, 2.24) is 9.55 Å². The quantitative estimate of drug-likeness (QED) is 0.744. The van der Waals surface area contributed by atoms with E-state index in [0.29, 0.717) is 0 Å². The van der Waals surface area contributed by atoms with Crippen LogP contribution in [0.5, 0.6) is 0 Å². The summed E-state index contributed by atoms with van der Waals surface area (Å²) >= 11 is 5.28. The van der Waals surface area contributed by atoms with Crippen molar-refractivity contribution in [2.75, 3.05) is 0 Å². The van der Waals surface area contributed by atoms with Gasteiger partial charge in [-0.1, -0.05) is 12.1 Å². The lowest BCUT2D eigenvalue weighted by molar-refractivity contribution is 0.644. The van der Waals surface area contributed by atoms with Crippen molar-refractivity contribution >= 4 is 38.3 Å². The van der Waals surface area contributed by atoms with Gasteiger partial charge in [0.1, 0.15) is 5.82 Å². The summed E-state index contributed by atoms with van der Waals surface area (Å²) in [5.74, 6) is 1.06. The number of nitrogens with zero attached hydrogens (tertiary/aromatic N) is 2. The first kappa shape index (κ1) is 14.8. The number of rotatable bonds is 4. The number of hydrogen-bond donors (Lipinski definition) is 1. The Bertz CT molecular complexity index is 756. The van der Waals surface area contributed by atoms with E-state index in [9.17, 15) is 0 Å². The van der Waals surface area contributed by atoms with Crippen LogP contribution in [0, 0.1) is 6.92 Å². The molecule has 3 rings (SSSR count). The molecule has 0 aliphatic rings. The van der Waals surface area contributed by atoms with Crippen LogP contribution in [-0.2, 0) is 13.0 Å². The molecule has 0 radical (unpaired) electrons. The average molecular weight is 364 g/mol. The van der Waals surface area contributed by atoms with Crippen LogP contribution in [0.2, 0.25) is 0 Å². The van der Waals surface area contributed by atoms with Gasteiger partial charge in [-0.3, -0.25) is 0 Å². The summed E-state index contributed by atoms with van der Waals surface area (Å²) in [4.78, 5) is 5.96. The number of benzene rings is 1. The van der Waals surface area contributed by atoms with E-state index >= 15 is 0 Å². The molecule has 0 fully saturated rings. The second kappa shape index (κ2) is 5.91. The molecule has 0 aliphatic carbocycles. The Morgan fingerprint density at radius 2 is 2.14 bits per heavy atom. The number of para-hydroxylation sites is 2. The van der Waals surface area contributed by atoms with Crippen LogP contribution in [0.3, 0.4) is 0 Å². The molecule has 0 amide bonds. The van der Waals surface area contributed by atoms with Gasteiger partial charge in [0.05, 0.1) is 14.8 Å². The van der Waals surface area contributed by atoms with Crippen LogP contribution < -0.4 is 5.73 Å². The molecule has 0 bridgehead atoms. The number of nitrogens with two attached hydrogens (primary N) is 1. The van der Waals surface area contributed by atoms with E-state index in [1.165, 1.54) is 16.0 Å². The zero-order chi connectivity index (χ0) is 15.0. The van der Waals surface area contributed by atoms with Gasteiger partial charge >= 0.3 is 0 Å². The van der Waals surface area contributed by atoms with E-state index in [2.05, 4.69) is 58.6 Å². The van der Waals surface area contributed by atoms with Crippen molar-refractivity contribution in [3.63, 3.8) is 0 Å². The number of aryl methyl sites for hydroxylation is 2. The monoisotopic (exact) mass is 363 g/mol. The average Bonchev–Trinajstić information content (AvgIpc) is 2.99. The Labute approximate surface area is 136 Å². The maximum absolute atomic E-state index is 6.39. The van der Waals surface area contributed by atoms with Crippen LogP contribution in [0.25, 0.3) is 11.0 Å². The van der Waals surface area contributed by atoms with E-state index in [1.807, 2.05) is 6.07 Å². The fourth-order valence-corrected chi connectivity index (χ4v) is 4.17. The predicted molar refractivity (Wildman–Crippen MR) is 92.8 cm³/mol. The third-order valence-corrected chi connectivity index (χ3v) is 5.96. The summed E-state index contributed by atoms with van der Waals surface area (Å²) in [5, 5.41) is 0. The molecule has 110 valence electrons. The summed E-state index contributed by atoms with van der Waals surface area (Å²) in [6.45, 7) is 5.16. The summed E-state index contributed by atoms with van der Waals surface area (Å²) in [7, 11) is 0. The zero-order valence-corrected chi connectivity index (χ0v) is 14.5. The lowest BCUT2D eigenvalue weighted by Crippen LogP contribution is -2.15. The normalized spacial score (nSPS) is 13.0. The van der Waals surface area contributed by atoms with Gasteiger partial charge in [0.2, 0.25) is 0 Å². The SMILES string of the molecule is CCn1c(CC(N)c2cc(C)c(Br)s2)nc2ccccc21. The van der Waals surface area contributed by atoms with Crippen molar-refractivity contribution in [1.29, 1.82) is 0 Å². The van der Waals surface area contributed by atoms with Crippen molar-refractivity contribution in [2.24, 2.45) is 5.73 Å². The van der Waals surface area contributed by atoms with Crippen molar-refractivity contribution in [2.45, 2.75) is 32.9 Å². The largest absolute Gasteiger partial charge is 0.328 e. The maximum Gasteiger partial charge on any atom is 0.111 e. The van der Waals surface area contributed by atoms with Gasteiger partial charge in [0.15, 0.2) is 0 Å². The minimum absolute atomic E-state index is 0.0119. The number of halogens is 1. The van der Waals surface area contributed by atoms with Crippen LogP contribution in [0.15, 0.2) is 34.1 Å². The Kier molecular flexibility index (Phi) is 4.15. The third kappa shape index (κ3) is 2.78. The highest BCUT2D eigenvalue weighted by Crippen LogP contribution is 2.32. The molecule has 0 spiro atoms. The molecule has 2 aromatic heterocycles. The van der Waals surface area contributed by atoms with Gasteiger partial charge < -0.3 is 10.3 Å². The number of hydrogen-bond acceptors (Lipinski definition) is 3. The first-order valence-electron chi connectivity index (χ1n) is 7.05. The smallest absolute Gasteiger partial charge is 0.111 e. The van der Waals surface area contributed by atoms with Crippen molar-refractivity contribution in [3.05, 3.63) is 50.4 Å². The number of imidazole rings is 1. The zero-order valence-electron chi connectivity index (χ0n) is 12.1. The Morgan fingerprint density at radius 3 is 2.81 bits per heavy atom. The Hall–Kier alpha value is -1.17. The molecule has 0 aliphatic heterocycles. The molecule has 0 saturated carbocycles. The number of thiophene rings is 1. The fourth-order valence-electron chi connectivity index (χ4n) is 2.60. The second-order valence-corrected chi connectivity index (χ2v) is 7.58. The highest BCUT2D eigenvalue weighted by atomic mass is 79.9. The topological polar surface area (TPSA) is 43.8 Å². The minimum atomic E-state index is -0.0119. The first-order chi connectivity index (χ1) is 10.1. The molecule has 2 N–H and O–H groups in total. The highest BCUT2D eigenvalue weighted by Gasteiger charge is 2.16. The third-order valence-electron chi connectivity index (χ3n) is 3.69. The molecule has 0 saturated heterocycles. The molecule has 1 aromatic carbocycles. The van der Waals surface area contributed by atoms with Gasteiger partial charge in [-0.25, -0.2) is 4.98 Å². The van der Waals surface area contributed by atoms with Gasteiger partial charge in [0, 0.05) is 23.9 Å². The number of fused-ring (bicyclic) bond motifs is 1. The van der Waals surface area contributed by atoms with E-state index in [4.69, 9.17) is 10.7 Å². The van der Waals surface area contributed by atoms with E-state index in [-0.39, 0.29) is 6.04 Å². The molecule has 1 atom stereocenters. The first-order valence-corrected chi connectivity index (χ1v) is 8.66. The molecule has 5 heteroatoms. The molecular weight excluding hydrogens is 346 g/mol. The minimum Gasteiger partial charge on any atom is -0.328 e. The maximum atomic E-state index is 6.39. The van der Waals surface area contributed by atoms with Gasteiger partial charge in [0.25, 0.3) is 0 Å². The summed E-state index contributed by atoms with van der Waals surface area (Å²) < 4.78 is 3.42. The molecule has 1 unspecified atom stereocenters. The van der Waals surface area contributed by atoms with E-state index in [0.717, 1.165) is 28.1 Å². The summed E-state index contributed by atoms with van der Waals surface area (Å²) in [6.07, 6.45) is 0.759. The lowest BCUT2D eigenvalue weighted by atomic mass is 10.1. The fraction of sp³-hybridized carbons (Fsp3) is 0.312. The molecule has 3 aromatic rings. The van der Waals surface area contributed by atoms with Gasteiger partial charge in [-0.05, 0) is 53.5 Å². The van der Waals surface area contributed by atoms with Crippen molar-refractivity contribution < 1.29 is 0 Å². The van der Waals surface area contributed by atoms with Gasteiger partial charge in [-0.15, -0.1) is 11.3 Å². The van der Waals surface area contributed by atoms with E-state index < -0.39 is 0 Å². The van der Waals surface area contributed by atoms with Crippen LogP contribution in [-0.4, -0.2) is 9.55 Å². The van der Waals surface area contributed by atoms with Crippen LogP contribution in [0.1, 0.15) is 29.2 Å². The molecule has 3 nitrogen and oxygen atoms in total. The standard InChI is InChI=1S/C16H18BrN3S/c1-3-20-13-7-5-4-6-12(13)19-15(20)9-11(18)14-8-10(2)16(17)21-14/h4-8,11H,3,9,18H2,1-2H3. The highest BCUT2D eigenvalue weighted by molar-refractivity contribution is 9.11. The molecule has 21 heavy (non-hydrogen) atoms. The Balaban J connectivity index is 1.93. The summed E-state index contributed by atoms with van der Waals surface area (Å²) in [5.41, 5.74) is 9.87. The van der Waals surface area contributed by atoms with E-state index in [1.54, 1.807) is 11.3 Å². The van der Waals surface area contributed by atoms with Gasteiger partial charge in [-0.2, -0.15) is 0 Å².